The number of thiocarbonyl (C=S) groups is 1. The predicted octanol–water partition coefficient (Wildman–Crippen LogP) is 3.65. The van der Waals surface area contributed by atoms with Crippen LogP contribution in [0.3, 0.4) is 0 Å². The molecule has 0 aliphatic heterocycles. The lowest BCUT2D eigenvalue weighted by Crippen LogP contribution is -2.41. The van der Waals surface area contributed by atoms with E-state index in [1.165, 1.54) is 30.6 Å². The van der Waals surface area contributed by atoms with E-state index in [-0.39, 0.29) is 0 Å². The Morgan fingerprint density at radius 3 is 2.82 bits per heavy atom. The largest absolute Gasteiger partial charge is 0.360 e. The van der Waals surface area contributed by atoms with Crippen LogP contribution in [0.2, 0.25) is 4.34 Å². The van der Waals surface area contributed by atoms with E-state index in [1.54, 1.807) is 11.3 Å². The van der Waals surface area contributed by atoms with Gasteiger partial charge < -0.3 is 10.2 Å². The Morgan fingerprint density at radius 1 is 1.53 bits per heavy atom. The number of halogens is 1. The number of thiophene rings is 1. The van der Waals surface area contributed by atoms with Crippen molar-refractivity contribution in [2.75, 3.05) is 7.05 Å². The van der Waals surface area contributed by atoms with Crippen LogP contribution >= 0.6 is 35.2 Å². The minimum absolute atomic E-state index is 0.580. The molecule has 0 bridgehead atoms. The van der Waals surface area contributed by atoms with Crippen molar-refractivity contribution in [1.82, 2.24) is 10.2 Å². The first-order valence-electron chi connectivity index (χ1n) is 5.91. The van der Waals surface area contributed by atoms with Gasteiger partial charge in [0.05, 0.1) is 10.9 Å². The predicted molar refractivity (Wildman–Crippen MR) is 78.8 cm³/mol. The fourth-order valence-electron chi connectivity index (χ4n) is 2.10. The van der Waals surface area contributed by atoms with Crippen molar-refractivity contribution in [1.29, 1.82) is 0 Å². The van der Waals surface area contributed by atoms with Crippen LogP contribution in [0, 0.1) is 0 Å². The Hall–Kier alpha value is -0.320. The van der Waals surface area contributed by atoms with Gasteiger partial charge in [-0.3, -0.25) is 0 Å². The summed E-state index contributed by atoms with van der Waals surface area (Å²) < 4.78 is 0.836. The second-order valence-corrected chi connectivity index (χ2v) is 6.68. The molecule has 0 aromatic carbocycles. The van der Waals surface area contributed by atoms with Gasteiger partial charge in [-0.2, -0.15) is 0 Å². The maximum atomic E-state index is 5.91. The van der Waals surface area contributed by atoms with Crippen LogP contribution in [0.4, 0.5) is 0 Å². The molecule has 0 radical (unpaired) electrons. The van der Waals surface area contributed by atoms with Gasteiger partial charge in [0.2, 0.25) is 0 Å². The first-order chi connectivity index (χ1) is 8.15. The topological polar surface area (TPSA) is 15.3 Å². The summed E-state index contributed by atoms with van der Waals surface area (Å²) in [5.41, 5.74) is 0. The number of nitrogens with one attached hydrogen (secondary N) is 1. The molecular formula is C12H17ClN2S2. The molecule has 0 unspecified atom stereocenters. The molecule has 1 aromatic heterocycles. The number of hydrogen-bond donors (Lipinski definition) is 1. The molecule has 0 spiro atoms. The summed E-state index contributed by atoms with van der Waals surface area (Å²) in [6.07, 6.45) is 5.15. The van der Waals surface area contributed by atoms with Gasteiger partial charge in [-0.25, -0.2) is 0 Å². The molecule has 5 heteroatoms. The van der Waals surface area contributed by atoms with Gasteiger partial charge in [-0.15, -0.1) is 11.3 Å². The zero-order valence-corrected chi connectivity index (χ0v) is 12.3. The molecule has 1 aliphatic carbocycles. The summed E-state index contributed by atoms with van der Waals surface area (Å²) in [6, 6.07) is 4.57. The summed E-state index contributed by atoms with van der Waals surface area (Å²) in [5.74, 6) is 0. The van der Waals surface area contributed by atoms with E-state index in [4.69, 9.17) is 23.8 Å². The van der Waals surface area contributed by atoms with Crippen LogP contribution in [0.1, 0.15) is 30.6 Å². The van der Waals surface area contributed by atoms with Crippen molar-refractivity contribution >= 4 is 40.3 Å². The van der Waals surface area contributed by atoms with Crippen molar-refractivity contribution < 1.29 is 0 Å². The average molecular weight is 289 g/mol. The molecule has 1 aromatic rings. The zero-order valence-electron chi connectivity index (χ0n) is 9.91. The number of rotatable bonds is 3. The smallest absolute Gasteiger partial charge is 0.169 e. The average Bonchev–Trinajstić information content (AvgIpc) is 2.90. The third-order valence-electron chi connectivity index (χ3n) is 3.05. The van der Waals surface area contributed by atoms with E-state index in [1.807, 2.05) is 13.1 Å². The molecule has 1 fully saturated rings. The van der Waals surface area contributed by atoms with Gasteiger partial charge in [0.15, 0.2) is 5.11 Å². The van der Waals surface area contributed by atoms with Crippen molar-refractivity contribution in [2.45, 2.75) is 38.3 Å². The molecule has 1 aliphatic rings. The van der Waals surface area contributed by atoms with Gasteiger partial charge in [-0.05, 0) is 37.2 Å². The monoisotopic (exact) mass is 288 g/mol. The zero-order chi connectivity index (χ0) is 12.3. The Labute approximate surface area is 117 Å². The standard InChI is InChI=1S/C12H17ClN2S2/c1-15(8-10-6-7-11(13)17-10)12(16)14-9-4-2-3-5-9/h6-7,9H,2-5,8H2,1H3,(H,14,16). The van der Waals surface area contributed by atoms with E-state index in [0.717, 1.165) is 16.0 Å². The fraction of sp³-hybridized carbons (Fsp3) is 0.583. The highest BCUT2D eigenvalue weighted by molar-refractivity contribution is 7.80. The third kappa shape index (κ3) is 3.83. The minimum atomic E-state index is 0.580. The molecule has 0 amide bonds. The fourth-order valence-corrected chi connectivity index (χ4v) is 3.47. The lowest BCUT2D eigenvalue weighted by Gasteiger charge is -2.23. The van der Waals surface area contributed by atoms with Gasteiger partial charge >= 0.3 is 0 Å². The first-order valence-corrected chi connectivity index (χ1v) is 7.51. The van der Waals surface area contributed by atoms with E-state index in [2.05, 4.69) is 16.3 Å². The third-order valence-corrected chi connectivity index (χ3v) is 4.70. The highest BCUT2D eigenvalue weighted by Gasteiger charge is 2.17. The van der Waals surface area contributed by atoms with Crippen LogP contribution < -0.4 is 5.32 Å². The molecular weight excluding hydrogens is 272 g/mol. The summed E-state index contributed by atoms with van der Waals surface area (Å²) in [4.78, 5) is 3.32. The molecule has 0 atom stereocenters. The highest BCUT2D eigenvalue weighted by Crippen LogP contribution is 2.22. The Morgan fingerprint density at radius 2 is 2.24 bits per heavy atom. The van der Waals surface area contributed by atoms with E-state index in [9.17, 15) is 0 Å². The van der Waals surface area contributed by atoms with Crippen molar-refractivity contribution in [2.24, 2.45) is 0 Å². The number of hydrogen-bond acceptors (Lipinski definition) is 2. The van der Waals surface area contributed by atoms with Gasteiger partial charge in [0.1, 0.15) is 0 Å². The quantitative estimate of drug-likeness (QED) is 0.855. The van der Waals surface area contributed by atoms with Gasteiger partial charge in [0, 0.05) is 18.0 Å². The summed E-state index contributed by atoms with van der Waals surface area (Å²) in [5, 5.41) is 4.28. The van der Waals surface area contributed by atoms with Gasteiger partial charge in [0.25, 0.3) is 0 Å². The first kappa shape index (κ1) is 13.1. The van der Waals surface area contributed by atoms with E-state index < -0.39 is 0 Å². The molecule has 1 saturated carbocycles. The molecule has 0 saturated heterocycles. The molecule has 94 valence electrons. The lowest BCUT2D eigenvalue weighted by molar-refractivity contribution is 0.475. The van der Waals surface area contributed by atoms with Crippen LogP contribution in [0.5, 0.6) is 0 Å². The normalized spacial score (nSPS) is 16.1. The van der Waals surface area contributed by atoms with Crippen LogP contribution in [-0.4, -0.2) is 23.1 Å². The Kier molecular flexibility index (Phi) is 4.65. The molecule has 1 N–H and O–H groups in total. The molecule has 1 heterocycles. The second kappa shape index (κ2) is 6.03. The van der Waals surface area contributed by atoms with E-state index in [0.29, 0.717) is 6.04 Å². The lowest BCUT2D eigenvalue weighted by atomic mass is 10.2. The van der Waals surface area contributed by atoms with E-state index >= 15 is 0 Å². The summed E-state index contributed by atoms with van der Waals surface area (Å²) in [6.45, 7) is 0.829. The molecule has 17 heavy (non-hydrogen) atoms. The van der Waals surface area contributed by atoms with Crippen LogP contribution in [0.15, 0.2) is 12.1 Å². The minimum Gasteiger partial charge on any atom is -0.360 e. The Bertz CT molecular complexity index is 386. The maximum Gasteiger partial charge on any atom is 0.169 e. The SMILES string of the molecule is CN(Cc1ccc(Cl)s1)C(=S)NC1CCCC1. The highest BCUT2D eigenvalue weighted by atomic mass is 35.5. The van der Waals surface area contributed by atoms with Gasteiger partial charge in [-0.1, -0.05) is 24.4 Å². The summed E-state index contributed by atoms with van der Waals surface area (Å²) in [7, 11) is 2.03. The summed E-state index contributed by atoms with van der Waals surface area (Å²) >= 11 is 12.9. The Balaban J connectivity index is 1.82. The molecule has 2 rings (SSSR count). The van der Waals surface area contributed by atoms with Crippen LogP contribution in [0.25, 0.3) is 0 Å². The molecule has 2 nitrogen and oxygen atoms in total. The van der Waals surface area contributed by atoms with Crippen molar-refractivity contribution in [3.63, 3.8) is 0 Å². The number of nitrogens with zero attached hydrogens (tertiary/aromatic N) is 1. The van der Waals surface area contributed by atoms with Crippen LogP contribution in [-0.2, 0) is 6.54 Å². The second-order valence-electron chi connectivity index (χ2n) is 4.49. The maximum absolute atomic E-state index is 5.91. The van der Waals surface area contributed by atoms with Crippen molar-refractivity contribution in [3.8, 4) is 0 Å². The van der Waals surface area contributed by atoms with Crippen molar-refractivity contribution in [3.05, 3.63) is 21.3 Å².